The molecular weight excluding hydrogens is 275 g/mol. The molecule has 0 saturated carbocycles. The summed E-state index contributed by atoms with van der Waals surface area (Å²) in [6.07, 6.45) is -1.19. The van der Waals surface area contributed by atoms with Crippen LogP contribution in [-0.2, 0) is 4.74 Å². The van der Waals surface area contributed by atoms with Gasteiger partial charge in [0.15, 0.2) is 6.79 Å². The third kappa shape index (κ3) is 4.86. The van der Waals surface area contributed by atoms with Crippen LogP contribution in [0, 0.1) is 0 Å². The van der Waals surface area contributed by atoms with Gasteiger partial charge < -0.3 is 19.7 Å². The van der Waals surface area contributed by atoms with E-state index in [1.807, 2.05) is 0 Å². The molecule has 2 rings (SSSR count). The average Bonchev–Trinajstić information content (AvgIpc) is 2.44. The molecule has 1 aromatic heterocycles. The molecular formula is C12H16F3N3O2. The maximum atomic E-state index is 11.9. The fourth-order valence-corrected chi connectivity index (χ4v) is 1.85. The highest BCUT2D eigenvalue weighted by atomic mass is 19.4. The summed E-state index contributed by atoms with van der Waals surface area (Å²) < 4.78 is 45.1. The van der Waals surface area contributed by atoms with Gasteiger partial charge in [0.05, 0.1) is 18.1 Å². The molecule has 1 fully saturated rings. The summed E-state index contributed by atoms with van der Waals surface area (Å²) in [6, 6.07) is 1.75. The summed E-state index contributed by atoms with van der Waals surface area (Å²) in [4.78, 5) is 6.15. The number of hydrogen-bond donors (Lipinski definition) is 1. The molecule has 8 heteroatoms. The van der Waals surface area contributed by atoms with Gasteiger partial charge >= 0.3 is 6.18 Å². The van der Waals surface area contributed by atoms with Crippen LogP contribution >= 0.6 is 0 Å². The van der Waals surface area contributed by atoms with Crippen molar-refractivity contribution in [3.63, 3.8) is 0 Å². The van der Waals surface area contributed by atoms with E-state index >= 15 is 0 Å². The highest BCUT2D eigenvalue weighted by Gasteiger charge is 2.27. The minimum absolute atomic E-state index is 0.392. The van der Waals surface area contributed by atoms with E-state index < -0.39 is 19.6 Å². The Kier molecular flexibility index (Phi) is 5.02. The van der Waals surface area contributed by atoms with Crippen LogP contribution in [0.3, 0.4) is 0 Å². The zero-order valence-electron chi connectivity index (χ0n) is 10.8. The largest absolute Gasteiger partial charge is 0.466 e. The maximum Gasteiger partial charge on any atom is 0.411 e. The van der Waals surface area contributed by atoms with E-state index in [4.69, 9.17) is 4.74 Å². The molecule has 0 aromatic carbocycles. The van der Waals surface area contributed by atoms with Gasteiger partial charge in [0.2, 0.25) is 0 Å². The number of hydrogen-bond acceptors (Lipinski definition) is 5. The van der Waals surface area contributed by atoms with Crippen molar-refractivity contribution in [2.75, 3.05) is 44.5 Å². The van der Waals surface area contributed by atoms with E-state index in [2.05, 4.69) is 19.9 Å². The second-order valence-corrected chi connectivity index (χ2v) is 4.34. The highest BCUT2D eigenvalue weighted by Crippen LogP contribution is 2.20. The number of nitrogens with zero attached hydrogens (tertiary/aromatic N) is 2. The topological polar surface area (TPSA) is 46.6 Å². The third-order valence-corrected chi connectivity index (χ3v) is 2.76. The molecule has 20 heavy (non-hydrogen) atoms. The van der Waals surface area contributed by atoms with Gasteiger partial charge in [-0.05, 0) is 0 Å². The van der Waals surface area contributed by atoms with Crippen LogP contribution in [-0.4, -0.2) is 50.7 Å². The van der Waals surface area contributed by atoms with E-state index in [0.29, 0.717) is 5.75 Å². The smallest absolute Gasteiger partial charge is 0.411 e. The van der Waals surface area contributed by atoms with Gasteiger partial charge in [-0.2, -0.15) is 13.2 Å². The highest BCUT2D eigenvalue weighted by molar-refractivity contribution is 5.48. The molecule has 0 unspecified atom stereocenters. The molecule has 1 N–H and O–H groups in total. The third-order valence-electron chi connectivity index (χ3n) is 2.76. The Morgan fingerprint density at radius 3 is 2.70 bits per heavy atom. The van der Waals surface area contributed by atoms with Crippen LogP contribution < -0.4 is 15.0 Å². The van der Waals surface area contributed by atoms with E-state index in [1.165, 1.54) is 6.20 Å². The fraction of sp³-hybridized carbons (Fsp3) is 0.583. The van der Waals surface area contributed by atoms with Crippen molar-refractivity contribution < 1.29 is 22.6 Å². The number of alkyl halides is 3. The van der Waals surface area contributed by atoms with Crippen LogP contribution in [0.25, 0.3) is 0 Å². The SMILES string of the molecule is FC(F)(F)COCOc1cncc(N2CCNCC2)c1. The first kappa shape index (κ1) is 14.9. The van der Waals surface area contributed by atoms with Crippen molar-refractivity contribution in [3.05, 3.63) is 18.5 Å². The van der Waals surface area contributed by atoms with Gasteiger partial charge in [-0.1, -0.05) is 0 Å². The zero-order chi connectivity index (χ0) is 14.4. The predicted molar refractivity (Wildman–Crippen MR) is 66.8 cm³/mol. The standard InChI is InChI=1S/C12H16F3N3O2/c13-12(14,15)8-19-9-20-11-5-10(6-17-7-11)18-3-1-16-2-4-18/h5-7,16H,1-4,8-9H2. The molecule has 0 spiro atoms. The Labute approximate surface area is 114 Å². The second kappa shape index (κ2) is 6.76. The molecule has 1 aromatic rings. The van der Waals surface area contributed by atoms with Crippen LogP contribution in [0.4, 0.5) is 18.9 Å². The fourth-order valence-electron chi connectivity index (χ4n) is 1.85. The van der Waals surface area contributed by atoms with Gasteiger partial charge in [0, 0.05) is 32.2 Å². The van der Waals surface area contributed by atoms with E-state index in [1.54, 1.807) is 12.3 Å². The molecule has 0 aliphatic carbocycles. The molecule has 0 radical (unpaired) electrons. The van der Waals surface area contributed by atoms with E-state index in [0.717, 1.165) is 31.9 Å². The lowest BCUT2D eigenvalue weighted by molar-refractivity contribution is -0.186. The monoisotopic (exact) mass is 291 g/mol. The molecule has 1 saturated heterocycles. The van der Waals surface area contributed by atoms with Gasteiger partial charge in [-0.3, -0.25) is 4.98 Å². The Bertz CT molecular complexity index is 423. The lowest BCUT2D eigenvalue weighted by Gasteiger charge is -2.29. The molecule has 0 amide bonds. The van der Waals surface area contributed by atoms with Crippen LogP contribution in [0.15, 0.2) is 18.5 Å². The molecule has 1 aliphatic heterocycles. The number of anilines is 1. The van der Waals surface area contributed by atoms with Crippen molar-refractivity contribution >= 4 is 5.69 Å². The minimum atomic E-state index is -4.34. The summed E-state index contributed by atoms with van der Waals surface area (Å²) >= 11 is 0. The number of pyridine rings is 1. The van der Waals surface area contributed by atoms with Crippen molar-refractivity contribution in [2.24, 2.45) is 0 Å². The first-order valence-corrected chi connectivity index (χ1v) is 6.22. The predicted octanol–water partition coefficient (Wildman–Crippen LogP) is 1.41. The number of aromatic nitrogens is 1. The average molecular weight is 291 g/mol. The van der Waals surface area contributed by atoms with E-state index in [-0.39, 0.29) is 0 Å². The lowest BCUT2D eigenvalue weighted by atomic mass is 10.3. The normalized spacial score (nSPS) is 16.2. The molecule has 2 heterocycles. The molecule has 1 aliphatic rings. The minimum Gasteiger partial charge on any atom is -0.466 e. The number of halogens is 3. The summed E-state index contributed by atoms with van der Waals surface area (Å²) in [5.74, 6) is 0.392. The van der Waals surface area contributed by atoms with Crippen LogP contribution in [0.2, 0.25) is 0 Å². The number of nitrogens with one attached hydrogen (secondary N) is 1. The first-order chi connectivity index (χ1) is 9.54. The Balaban J connectivity index is 1.83. The van der Waals surface area contributed by atoms with Gasteiger partial charge in [-0.25, -0.2) is 0 Å². The Morgan fingerprint density at radius 2 is 2.00 bits per heavy atom. The van der Waals surface area contributed by atoms with Gasteiger partial charge in [-0.15, -0.1) is 0 Å². The van der Waals surface area contributed by atoms with Crippen molar-refractivity contribution in [1.29, 1.82) is 0 Å². The summed E-state index contributed by atoms with van der Waals surface area (Å²) in [7, 11) is 0. The second-order valence-electron chi connectivity index (χ2n) is 4.34. The number of rotatable bonds is 5. The first-order valence-electron chi connectivity index (χ1n) is 6.22. The van der Waals surface area contributed by atoms with Crippen molar-refractivity contribution in [2.45, 2.75) is 6.18 Å². The Hall–Kier alpha value is -1.54. The summed E-state index contributed by atoms with van der Waals surface area (Å²) in [6.45, 7) is 1.72. The van der Waals surface area contributed by atoms with Crippen molar-refractivity contribution in [1.82, 2.24) is 10.3 Å². The number of piperazine rings is 1. The zero-order valence-corrected chi connectivity index (χ0v) is 10.8. The molecule has 5 nitrogen and oxygen atoms in total. The maximum absolute atomic E-state index is 11.9. The van der Waals surface area contributed by atoms with Crippen LogP contribution in [0.1, 0.15) is 0 Å². The van der Waals surface area contributed by atoms with Crippen LogP contribution in [0.5, 0.6) is 5.75 Å². The quantitative estimate of drug-likeness (QED) is 0.656. The molecule has 0 bridgehead atoms. The Morgan fingerprint density at radius 1 is 1.25 bits per heavy atom. The van der Waals surface area contributed by atoms with Gasteiger partial charge in [0.1, 0.15) is 12.4 Å². The summed E-state index contributed by atoms with van der Waals surface area (Å²) in [5.41, 5.74) is 0.889. The molecule has 112 valence electrons. The molecule has 0 atom stereocenters. The van der Waals surface area contributed by atoms with E-state index in [9.17, 15) is 13.2 Å². The van der Waals surface area contributed by atoms with Crippen molar-refractivity contribution in [3.8, 4) is 5.75 Å². The number of ether oxygens (including phenoxy) is 2. The van der Waals surface area contributed by atoms with Gasteiger partial charge in [0.25, 0.3) is 0 Å². The lowest BCUT2D eigenvalue weighted by Crippen LogP contribution is -2.43. The summed E-state index contributed by atoms with van der Waals surface area (Å²) in [5, 5.41) is 3.24.